The van der Waals surface area contributed by atoms with Crippen LogP contribution >= 0.6 is 0 Å². The zero-order chi connectivity index (χ0) is 15.1. The van der Waals surface area contributed by atoms with Gasteiger partial charge >= 0.3 is 0 Å². The number of aryl methyl sites for hydroxylation is 2. The van der Waals surface area contributed by atoms with E-state index < -0.39 is 0 Å². The highest BCUT2D eigenvalue weighted by Gasteiger charge is 2.30. The van der Waals surface area contributed by atoms with Crippen LogP contribution in [0.2, 0.25) is 0 Å². The number of aromatic nitrogens is 3. The lowest BCUT2D eigenvalue weighted by Crippen LogP contribution is -2.29. The summed E-state index contributed by atoms with van der Waals surface area (Å²) in [5, 5.41) is 7.02. The van der Waals surface area contributed by atoms with Crippen molar-refractivity contribution in [2.75, 3.05) is 12.4 Å². The fraction of sp³-hybridized carbons (Fsp3) is 0.438. The average Bonchev–Trinajstić information content (AvgIpc) is 3.01. The van der Waals surface area contributed by atoms with Crippen LogP contribution in [0.3, 0.4) is 0 Å². The van der Waals surface area contributed by atoms with Gasteiger partial charge in [-0.2, -0.15) is 10.1 Å². The summed E-state index contributed by atoms with van der Waals surface area (Å²) in [7, 11) is 1.68. The van der Waals surface area contributed by atoms with E-state index in [1.165, 1.54) is 30.3 Å². The van der Waals surface area contributed by atoms with Crippen molar-refractivity contribution < 1.29 is 9.53 Å². The van der Waals surface area contributed by atoms with Crippen LogP contribution in [-0.2, 0) is 17.6 Å². The Morgan fingerprint density at radius 2 is 2.05 bits per heavy atom. The molecule has 1 amide bonds. The Labute approximate surface area is 128 Å². The van der Waals surface area contributed by atoms with E-state index in [1.807, 2.05) is 0 Å². The van der Waals surface area contributed by atoms with Gasteiger partial charge in [0, 0.05) is 5.56 Å². The number of amides is 1. The molecule has 0 saturated carbocycles. The average molecular weight is 298 g/mol. The molecular formula is C16H18N4O2. The van der Waals surface area contributed by atoms with Crippen molar-refractivity contribution in [1.29, 1.82) is 0 Å². The van der Waals surface area contributed by atoms with Crippen LogP contribution in [-0.4, -0.2) is 27.8 Å². The number of nitrogens with one attached hydrogen (secondary N) is 1. The lowest BCUT2D eigenvalue weighted by molar-refractivity contribution is -0.117. The Kier molecular flexibility index (Phi) is 3.10. The molecule has 1 aliphatic heterocycles. The topological polar surface area (TPSA) is 69.0 Å². The SMILES string of the molecule is COc1cc2c(cc1[C@H]1CC(=O)Nc3ncnn31)CCCC2. The largest absolute Gasteiger partial charge is 0.496 e. The Hall–Kier alpha value is -2.37. The molecular weight excluding hydrogens is 280 g/mol. The molecule has 1 N–H and O–H groups in total. The van der Waals surface area contributed by atoms with Crippen LogP contribution in [0.4, 0.5) is 5.95 Å². The minimum absolute atomic E-state index is 0.0368. The summed E-state index contributed by atoms with van der Waals surface area (Å²) >= 11 is 0. The molecule has 1 atom stereocenters. The summed E-state index contributed by atoms with van der Waals surface area (Å²) < 4.78 is 7.37. The van der Waals surface area contributed by atoms with Gasteiger partial charge in [-0.1, -0.05) is 0 Å². The van der Waals surface area contributed by atoms with Gasteiger partial charge in [-0.05, 0) is 48.9 Å². The molecule has 2 aliphatic rings. The van der Waals surface area contributed by atoms with Gasteiger partial charge in [-0.15, -0.1) is 0 Å². The first-order chi connectivity index (χ1) is 10.8. The number of fused-ring (bicyclic) bond motifs is 2. The predicted octanol–water partition coefficient (Wildman–Crippen LogP) is 2.10. The number of hydrogen-bond donors (Lipinski definition) is 1. The second-order valence-electron chi connectivity index (χ2n) is 5.87. The molecule has 0 unspecified atom stereocenters. The van der Waals surface area contributed by atoms with Crippen LogP contribution in [0.5, 0.6) is 5.75 Å². The van der Waals surface area contributed by atoms with Crippen LogP contribution in [0.25, 0.3) is 0 Å². The molecule has 6 nitrogen and oxygen atoms in total. The molecule has 0 bridgehead atoms. The molecule has 1 aliphatic carbocycles. The van der Waals surface area contributed by atoms with Crippen molar-refractivity contribution in [3.05, 3.63) is 35.2 Å². The number of rotatable bonds is 2. The third-order valence-electron chi connectivity index (χ3n) is 4.55. The minimum atomic E-state index is -0.159. The van der Waals surface area contributed by atoms with E-state index >= 15 is 0 Å². The number of hydrogen-bond acceptors (Lipinski definition) is 4. The zero-order valence-corrected chi connectivity index (χ0v) is 12.5. The van der Waals surface area contributed by atoms with Gasteiger partial charge in [-0.25, -0.2) is 4.68 Å². The van der Waals surface area contributed by atoms with Gasteiger partial charge in [0.2, 0.25) is 11.9 Å². The highest BCUT2D eigenvalue weighted by molar-refractivity contribution is 5.91. The second-order valence-corrected chi connectivity index (χ2v) is 5.87. The summed E-state index contributed by atoms with van der Waals surface area (Å²) in [5.74, 6) is 1.30. The van der Waals surface area contributed by atoms with Gasteiger partial charge in [0.25, 0.3) is 0 Å². The maximum Gasteiger partial charge on any atom is 0.229 e. The Bertz CT molecular complexity index is 738. The summed E-state index contributed by atoms with van der Waals surface area (Å²) in [6.45, 7) is 0. The van der Waals surface area contributed by atoms with Gasteiger partial charge < -0.3 is 4.74 Å². The molecule has 22 heavy (non-hydrogen) atoms. The maximum absolute atomic E-state index is 12.0. The first-order valence-electron chi connectivity index (χ1n) is 7.65. The molecule has 1 aromatic carbocycles. The number of methoxy groups -OCH3 is 1. The molecule has 2 aromatic rings. The fourth-order valence-corrected chi connectivity index (χ4v) is 3.47. The lowest BCUT2D eigenvalue weighted by Gasteiger charge is -2.27. The molecule has 0 radical (unpaired) electrons. The van der Waals surface area contributed by atoms with Gasteiger partial charge in [0.05, 0.1) is 19.6 Å². The van der Waals surface area contributed by atoms with Crippen molar-refractivity contribution >= 4 is 11.9 Å². The van der Waals surface area contributed by atoms with E-state index in [0.717, 1.165) is 24.2 Å². The van der Waals surface area contributed by atoms with Crippen LogP contribution in [0, 0.1) is 0 Å². The molecule has 4 rings (SSSR count). The Balaban J connectivity index is 1.84. The predicted molar refractivity (Wildman–Crippen MR) is 81.0 cm³/mol. The maximum atomic E-state index is 12.0. The highest BCUT2D eigenvalue weighted by atomic mass is 16.5. The quantitative estimate of drug-likeness (QED) is 0.922. The van der Waals surface area contributed by atoms with Crippen LogP contribution < -0.4 is 10.1 Å². The molecule has 0 spiro atoms. The van der Waals surface area contributed by atoms with Crippen molar-refractivity contribution in [2.45, 2.75) is 38.1 Å². The third kappa shape index (κ3) is 2.06. The molecule has 2 heterocycles. The smallest absolute Gasteiger partial charge is 0.229 e. The fourth-order valence-electron chi connectivity index (χ4n) is 3.47. The summed E-state index contributed by atoms with van der Waals surface area (Å²) in [5.41, 5.74) is 3.75. The first-order valence-corrected chi connectivity index (χ1v) is 7.65. The van der Waals surface area contributed by atoms with E-state index in [-0.39, 0.29) is 11.9 Å². The summed E-state index contributed by atoms with van der Waals surface area (Å²) in [4.78, 5) is 16.1. The van der Waals surface area contributed by atoms with E-state index in [2.05, 4.69) is 27.5 Å². The molecule has 0 fully saturated rings. The van der Waals surface area contributed by atoms with E-state index in [0.29, 0.717) is 12.4 Å². The van der Waals surface area contributed by atoms with Gasteiger partial charge in [-0.3, -0.25) is 10.1 Å². The number of anilines is 1. The number of carbonyl (C=O) groups is 1. The van der Waals surface area contributed by atoms with Crippen molar-refractivity contribution in [2.24, 2.45) is 0 Å². The number of nitrogens with zero attached hydrogens (tertiary/aromatic N) is 3. The van der Waals surface area contributed by atoms with Crippen LogP contribution in [0.1, 0.15) is 42.0 Å². The van der Waals surface area contributed by atoms with E-state index in [4.69, 9.17) is 4.74 Å². The second kappa shape index (κ2) is 5.12. The molecule has 114 valence electrons. The molecule has 0 saturated heterocycles. The standard InChI is InChI=1S/C16H18N4O2/c1-22-14-7-11-5-3-2-4-10(11)6-12(14)13-8-15(21)19-16-17-9-18-20(13)16/h6-7,9,13H,2-5,8H2,1H3,(H,17,18,19,21)/t13-/m1/s1. The van der Waals surface area contributed by atoms with E-state index in [9.17, 15) is 4.79 Å². The van der Waals surface area contributed by atoms with Crippen molar-refractivity contribution in [3.63, 3.8) is 0 Å². The minimum Gasteiger partial charge on any atom is -0.496 e. The number of carbonyl (C=O) groups excluding carboxylic acids is 1. The van der Waals surface area contributed by atoms with Crippen molar-refractivity contribution in [1.82, 2.24) is 14.8 Å². The molecule has 1 aromatic heterocycles. The number of benzene rings is 1. The highest BCUT2D eigenvalue weighted by Crippen LogP contribution is 2.37. The first kappa shape index (κ1) is 13.3. The van der Waals surface area contributed by atoms with Crippen molar-refractivity contribution in [3.8, 4) is 5.75 Å². The summed E-state index contributed by atoms with van der Waals surface area (Å²) in [6, 6.07) is 4.17. The Morgan fingerprint density at radius 3 is 2.82 bits per heavy atom. The zero-order valence-electron chi connectivity index (χ0n) is 12.5. The van der Waals surface area contributed by atoms with Gasteiger partial charge in [0.1, 0.15) is 12.1 Å². The monoisotopic (exact) mass is 298 g/mol. The van der Waals surface area contributed by atoms with E-state index in [1.54, 1.807) is 11.8 Å². The lowest BCUT2D eigenvalue weighted by atomic mass is 9.87. The van der Waals surface area contributed by atoms with Gasteiger partial charge in [0.15, 0.2) is 0 Å². The Morgan fingerprint density at radius 1 is 1.27 bits per heavy atom. The summed E-state index contributed by atoms with van der Waals surface area (Å²) in [6.07, 6.45) is 6.47. The third-order valence-corrected chi connectivity index (χ3v) is 4.55. The van der Waals surface area contributed by atoms with Crippen LogP contribution in [0.15, 0.2) is 18.5 Å². The normalized spacial score (nSPS) is 20.0. The number of ether oxygens (including phenoxy) is 1. The molecule has 6 heteroatoms.